The fourth-order valence-corrected chi connectivity index (χ4v) is 2.64. The standard InChI is InChI=1S/C14H23N3/c1-14(2,3)13(15-4)8-12-10-6-5-7-11(10)16-9-17-12/h9,13,15H,5-8H2,1-4H3. The highest BCUT2D eigenvalue weighted by Gasteiger charge is 2.26. The van der Waals surface area contributed by atoms with Gasteiger partial charge in [0.05, 0.1) is 0 Å². The summed E-state index contributed by atoms with van der Waals surface area (Å²) in [6, 6.07) is 0.460. The Hall–Kier alpha value is -0.960. The SMILES string of the molecule is CNC(Cc1ncnc2c1CCC2)C(C)(C)C. The molecule has 0 saturated carbocycles. The summed E-state index contributed by atoms with van der Waals surface area (Å²) in [6.07, 6.45) is 6.26. The fraction of sp³-hybridized carbons (Fsp3) is 0.714. The molecule has 1 aliphatic rings. The lowest BCUT2D eigenvalue weighted by Gasteiger charge is -2.30. The van der Waals surface area contributed by atoms with Gasteiger partial charge >= 0.3 is 0 Å². The first-order chi connectivity index (χ1) is 8.02. The summed E-state index contributed by atoms with van der Waals surface area (Å²) in [5.74, 6) is 0. The molecule has 1 heterocycles. The Morgan fingerprint density at radius 1 is 1.29 bits per heavy atom. The molecule has 1 atom stereocenters. The number of aromatic nitrogens is 2. The molecule has 1 aromatic rings. The first-order valence-electron chi connectivity index (χ1n) is 6.51. The molecule has 0 spiro atoms. The van der Waals surface area contributed by atoms with Crippen molar-refractivity contribution >= 4 is 0 Å². The van der Waals surface area contributed by atoms with Crippen LogP contribution < -0.4 is 5.32 Å². The Labute approximate surface area is 104 Å². The van der Waals surface area contributed by atoms with E-state index in [-0.39, 0.29) is 5.41 Å². The third kappa shape index (κ3) is 2.65. The molecule has 2 rings (SSSR count). The number of hydrogen-bond acceptors (Lipinski definition) is 3. The Morgan fingerprint density at radius 2 is 2.06 bits per heavy atom. The number of nitrogens with zero attached hydrogens (tertiary/aromatic N) is 2. The van der Waals surface area contributed by atoms with E-state index in [1.165, 1.54) is 23.4 Å². The first kappa shape index (κ1) is 12.5. The van der Waals surface area contributed by atoms with Gasteiger partial charge in [0.15, 0.2) is 0 Å². The molecule has 1 aliphatic carbocycles. The van der Waals surface area contributed by atoms with Crippen LogP contribution in [0.1, 0.15) is 44.1 Å². The molecule has 1 unspecified atom stereocenters. The van der Waals surface area contributed by atoms with Crippen LogP contribution >= 0.6 is 0 Å². The van der Waals surface area contributed by atoms with Crippen molar-refractivity contribution in [2.75, 3.05) is 7.05 Å². The number of rotatable bonds is 3. The molecule has 17 heavy (non-hydrogen) atoms. The lowest BCUT2D eigenvalue weighted by molar-refractivity contribution is 0.278. The number of likely N-dealkylation sites (N-methyl/N-ethyl adjacent to an activating group) is 1. The van der Waals surface area contributed by atoms with Crippen LogP contribution in [0.5, 0.6) is 0 Å². The van der Waals surface area contributed by atoms with Gasteiger partial charge in [-0.1, -0.05) is 20.8 Å². The second kappa shape index (κ2) is 4.73. The van der Waals surface area contributed by atoms with Gasteiger partial charge in [-0.2, -0.15) is 0 Å². The summed E-state index contributed by atoms with van der Waals surface area (Å²) < 4.78 is 0. The molecule has 0 fully saturated rings. The van der Waals surface area contributed by atoms with Gasteiger partial charge in [0.2, 0.25) is 0 Å². The lowest BCUT2D eigenvalue weighted by atomic mass is 9.83. The summed E-state index contributed by atoms with van der Waals surface area (Å²) >= 11 is 0. The van der Waals surface area contributed by atoms with E-state index in [4.69, 9.17) is 0 Å². The van der Waals surface area contributed by atoms with Crippen LogP contribution in [0, 0.1) is 5.41 Å². The van der Waals surface area contributed by atoms with Gasteiger partial charge in [-0.05, 0) is 37.3 Å². The molecular weight excluding hydrogens is 210 g/mol. The van der Waals surface area contributed by atoms with Crippen molar-refractivity contribution in [1.29, 1.82) is 0 Å². The Balaban J connectivity index is 2.21. The zero-order valence-corrected chi connectivity index (χ0v) is 11.4. The largest absolute Gasteiger partial charge is 0.316 e. The normalized spacial score (nSPS) is 16.9. The Bertz CT molecular complexity index is 393. The maximum absolute atomic E-state index is 4.50. The van der Waals surface area contributed by atoms with Gasteiger partial charge in [-0.25, -0.2) is 9.97 Å². The van der Waals surface area contributed by atoms with Crippen molar-refractivity contribution in [3.8, 4) is 0 Å². The van der Waals surface area contributed by atoms with E-state index >= 15 is 0 Å². The quantitative estimate of drug-likeness (QED) is 0.869. The summed E-state index contributed by atoms with van der Waals surface area (Å²) in [5, 5.41) is 3.42. The van der Waals surface area contributed by atoms with Gasteiger partial charge < -0.3 is 5.32 Å². The zero-order valence-electron chi connectivity index (χ0n) is 11.4. The predicted molar refractivity (Wildman–Crippen MR) is 70.1 cm³/mol. The molecule has 3 heteroatoms. The molecule has 3 nitrogen and oxygen atoms in total. The topological polar surface area (TPSA) is 37.8 Å². The molecular formula is C14H23N3. The molecule has 0 bridgehead atoms. The Kier molecular flexibility index (Phi) is 3.48. The smallest absolute Gasteiger partial charge is 0.115 e. The molecule has 0 aliphatic heterocycles. The molecule has 1 N–H and O–H groups in total. The summed E-state index contributed by atoms with van der Waals surface area (Å²) in [6.45, 7) is 6.82. The van der Waals surface area contributed by atoms with Gasteiger partial charge in [-0.3, -0.25) is 0 Å². The molecule has 0 radical (unpaired) electrons. The van der Waals surface area contributed by atoms with E-state index in [0.717, 1.165) is 19.3 Å². The van der Waals surface area contributed by atoms with E-state index in [9.17, 15) is 0 Å². The van der Waals surface area contributed by atoms with Gasteiger partial charge in [0, 0.05) is 23.9 Å². The fourth-order valence-electron chi connectivity index (χ4n) is 2.64. The molecule has 0 saturated heterocycles. The summed E-state index contributed by atoms with van der Waals surface area (Å²) in [7, 11) is 2.04. The van der Waals surface area contributed by atoms with Gasteiger partial charge in [-0.15, -0.1) is 0 Å². The number of aryl methyl sites for hydroxylation is 1. The van der Waals surface area contributed by atoms with Crippen LogP contribution in [0.3, 0.4) is 0 Å². The van der Waals surface area contributed by atoms with Crippen molar-refractivity contribution < 1.29 is 0 Å². The second-order valence-electron chi connectivity index (χ2n) is 6.01. The minimum absolute atomic E-state index is 0.255. The van der Waals surface area contributed by atoms with Crippen LogP contribution in [0.25, 0.3) is 0 Å². The number of fused-ring (bicyclic) bond motifs is 1. The highest BCUT2D eigenvalue weighted by atomic mass is 14.9. The highest BCUT2D eigenvalue weighted by Crippen LogP contribution is 2.26. The second-order valence-corrected chi connectivity index (χ2v) is 6.01. The predicted octanol–water partition coefficient (Wildman–Crippen LogP) is 2.14. The van der Waals surface area contributed by atoms with Crippen molar-refractivity contribution in [3.05, 3.63) is 23.3 Å². The average molecular weight is 233 g/mol. The lowest BCUT2D eigenvalue weighted by Crippen LogP contribution is -2.40. The van der Waals surface area contributed by atoms with E-state index in [1.54, 1.807) is 6.33 Å². The highest BCUT2D eigenvalue weighted by molar-refractivity contribution is 5.29. The summed E-state index contributed by atoms with van der Waals surface area (Å²) in [4.78, 5) is 8.88. The van der Waals surface area contributed by atoms with E-state index in [0.29, 0.717) is 6.04 Å². The number of hydrogen-bond donors (Lipinski definition) is 1. The van der Waals surface area contributed by atoms with E-state index < -0.39 is 0 Å². The minimum atomic E-state index is 0.255. The zero-order chi connectivity index (χ0) is 12.5. The molecule has 0 amide bonds. The minimum Gasteiger partial charge on any atom is -0.316 e. The monoisotopic (exact) mass is 233 g/mol. The third-order valence-electron chi connectivity index (χ3n) is 3.76. The molecule has 1 aromatic heterocycles. The average Bonchev–Trinajstić information content (AvgIpc) is 2.72. The Morgan fingerprint density at radius 3 is 2.71 bits per heavy atom. The molecule has 0 aromatic carbocycles. The van der Waals surface area contributed by atoms with Crippen molar-refractivity contribution in [3.63, 3.8) is 0 Å². The van der Waals surface area contributed by atoms with Crippen molar-refractivity contribution in [2.45, 2.75) is 52.5 Å². The summed E-state index contributed by atoms with van der Waals surface area (Å²) in [5.41, 5.74) is 4.20. The van der Waals surface area contributed by atoms with E-state index in [1.807, 2.05) is 7.05 Å². The third-order valence-corrected chi connectivity index (χ3v) is 3.76. The van der Waals surface area contributed by atoms with Crippen LogP contribution in [0.4, 0.5) is 0 Å². The maximum atomic E-state index is 4.50. The number of nitrogens with one attached hydrogen (secondary N) is 1. The first-order valence-corrected chi connectivity index (χ1v) is 6.51. The molecule has 94 valence electrons. The van der Waals surface area contributed by atoms with Crippen molar-refractivity contribution in [1.82, 2.24) is 15.3 Å². The van der Waals surface area contributed by atoms with Crippen LogP contribution in [-0.2, 0) is 19.3 Å². The van der Waals surface area contributed by atoms with Crippen LogP contribution in [0.2, 0.25) is 0 Å². The maximum Gasteiger partial charge on any atom is 0.115 e. The van der Waals surface area contributed by atoms with E-state index in [2.05, 4.69) is 36.1 Å². The van der Waals surface area contributed by atoms with Gasteiger partial charge in [0.25, 0.3) is 0 Å². The van der Waals surface area contributed by atoms with Crippen LogP contribution in [0.15, 0.2) is 6.33 Å². The van der Waals surface area contributed by atoms with Gasteiger partial charge in [0.1, 0.15) is 6.33 Å². The van der Waals surface area contributed by atoms with Crippen molar-refractivity contribution in [2.24, 2.45) is 5.41 Å². The van der Waals surface area contributed by atoms with Crippen LogP contribution in [-0.4, -0.2) is 23.1 Å².